The van der Waals surface area contributed by atoms with Crippen LogP contribution in [0, 0.1) is 5.82 Å². The molecular weight excluding hydrogens is 299 g/mol. The van der Waals surface area contributed by atoms with E-state index in [0.717, 1.165) is 18.4 Å². The van der Waals surface area contributed by atoms with E-state index in [0.29, 0.717) is 25.2 Å². The average Bonchev–Trinajstić information content (AvgIpc) is 2.74. The van der Waals surface area contributed by atoms with Crippen molar-refractivity contribution in [2.75, 3.05) is 13.2 Å². The summed E-state index contributed by atoms with van der Waals surface area (Å²) in [5, 5.41) is 15.8. The molecule has 1 aromatic carbocycles. The minimum absolute atomic E-state index is 0.200. The molecule has 0 saturated heterocycles. The highest BCUT2D eigenvalue weighted by Gasteiger charge is 2.25. The van der Waals surface area contributed by atoms with E-state index < -0.39 is 5.60 Å². The second-order valence-corrected chi connectivity index (χ2v) is 5.98. The van der Waals surface area contributed by atoms with E-state index in [-0.39, 0.29) is 24.4 Å². The summed E-state index contributed by atoms with van der Waals surface area (Å²) in [5.74, 6) is 0.122. The van der Waals surface area contributed by atoms with Crippen molar-refractivity contribution in [1.82, 2.24) is 10.6 Å². The Morgan fingerprint density at radius 1 is 1.43 bits per heavy atom. The van der Waals surface area contributed by atoms with E-state index in [1.165, 1.54) is 12.1 Å². The molecule has 2 amide bonds. The quantitative estimate of drug-likeness (QED) is 0.780. The van der Waals surface area contributed by atoms with E-state index in [1.54, 1.807) is 6.07 Å². The molecule has 1 aromatic rings. The van der Waals surface area contributed by atoms with Crippen LogP contribution >= 0.6 is 0 Å². The molecule has 6 heteroatoms. The van der Waals surface area contributed by atoms with Gasteiger partial charge in [0, 0.05) is 18.2 Å². The molecule has 0 aliphatic carbocycles. The van der Waals surface area contributed by atoms with Crippen LogP contribution in [0.2, 0.25) is 0 Å². The van der Waals surface area contributed by atoms with Crippen LogP contribution in [0.3, 0.4) is 0 Å². The number of halogens is 1. The molecular formula is C17H25FN2O3. The number of carbonyl (C=O) groups excluding carboxylic acids is 1. The van der Waals surface area contributed by atoms with Gasteiger partial charge in [-0.05, 0) is 31.7 Å². The smallest absolute Gasteiger partial charge is 0.315 e. The lowest BCUT2D eigenvalue weighted by Crippen LogP contribution is -2.46. The topological polar surface area (TPSA) is 70.6 Å². The molecule has 1 aliphatic rings. The molecule has 0 fully saturated rings. The van der Waals surface area contributed by atoms with E-state index >= 15 is 0 Å². The lowest BCUT2D eigenvalue weighted by atomic mass is 9.98. The lowest BCUT2D eigenvalue weighted by Gasteiger charge is -2.26. The van der Waals surface area contributed by atoms with Crippen LogP contribution < -0.4 is 15.4 Å². The SMILES string of the molecule is CCC(O)(CC)CNC(=O)NC1CCCOc2cc(F)ccc21. The van der Waals surface area contributed by atoms with Crippen LogP contribution in [0.15, 0.2) is 18.2 Å². The Bertz CT molecular complexity index is 547. The number of ether oxygens (including phenoxy) is 1. The summed E-state index contributed by atoms with van der Waals surface area (Å²) in [6.07, 6.45) is 2.64. The molecule has 0 aromatic heterocycles. The molecule has 2 rings (SSSR count). The summed E-state index contributed by atoms with van der Waals surface area (Å²) in [4.78, 5) is 12.1. The van der Waals surface area contributed by atoms with E-state index in [9.17, 15) is 14.3 Å². The molecule has 1 aliphatic heterocycles. The van der Waals surface area contributed by atoms with Crippen molar-refractivity contribution in [3.05, 3.63) is 29.6 Å². The molecule has 1 unspecified atom stereocenters. The summed E-state index contributed by atoms with van der Waals surface area (Å²) in [7, 11) is 0. The van der Waals surface area contributed by atoms with Crippen LogP contribution in [0.5, 0.6) is 5.75 Å². The van der Waals surface area contributed by atoms with Crippen LogP contribution in [0.25, 0.3) is 0 Å². The molecule has 5 nitrogen and oxygen atoms in total. The molecule has 0 radical (unpaired) electrons. The maximum Gasteiger partial charge on any atom is 0.315 e. The van der Waals surface area contributed by atoms with Gasteiger partial charge in [0.1, 0.15) is 11.6 Å². The first-order valence-electron chi connectivity index (χ1n) is 8.16. The molecule has 3 N–H and O–H groups in total. The standard InChI is InChI=1S/C17H25FN2O3/c1-3-17(22,4-2)11-19-16(21)20-14-6-5-9-23-15-10-12(18)7-8-13(14)15/h7-8,10,14,22H,3-6,9,11H2,1-2H3,(H2,19,20,21). The summed E-state index contributed by atoms with van der Waals surface area (Å²) in [6, 6.07) is 3.79. The van der Waals surface area contributed by atoms with Gasteiger partial charge in [-0.25, -0.2) is 9.18 Å². The van der Waals surface area contributed by atoms with Crippen molar-refractivity contribution in [2.24, 2.45) is 0 Å². The van der Waals surface area contributed by atoms with Crippen molar-refractivity contribution in [2.45, 2.75) is 51.2 Å². The Balaban J connectivity index is 2.01. The van der Waals surface area contributed by atoms with E-state index in [4.69, 9.17) is 4.74 Å². The van der Waals surface area contributed by atoms with Crippen LogP contribution in [0.1, 0.15) is 51.1 Å². The number of urea groups is 1. The molecule has 128 valence electrons. The molecule has 1 atom stereocenters. The van der Waals surface area contributed by atoms with Crippen molar-refractivity contribution in [1.29, 1.82) is 0 Å². The van der Waals surface area contributed by atoms with Gasteiger partial charge in [-0.2, -0.15) is 0 Å². The Hall–Kier alpha value is -1.82. The highest BCUT2D eigenvalue weighted by atomic mass is 19.1. The number of benzene rings is 1. The Labute approximate surface area is 136 Å². The predicted molar refractivity (Wildman–Crippen MR) is 85.9 cm³/mol. The number of hydrogen-bond donors (Lipinski definition) is 3. The largest absolute Gasteiger partial charge is 0.493 e. The van der Waals surface area contributed by atoms with Gasteiger partial charge >= 0.3 is 6.03 Å². The summed E-state index contributed by atoms with van der Waals surface area (Å²) < 4.78 is 18.9. The first-order valence-corrected chi connectivity index (χ1v) is 8.16. The Morgan fingerprint density at radius 3 is 2.87 bits per heavy atom. The zero-order valence-electron chi connectivity index (χ0n) is 13.7. The number of amides is 2. The summed E-state index contributed by atoms with van der Waals surface area (Å²) >= 11 is 0. The van der Waals surface area contributed by atoms with Gasteiger partial charge < -0.3 is 20.5 Å². The summed E-state index contributed by atoms with van der Waals surface area (Å²) in [6.45, 7) is 4.47. The summed E-state index contributed by atoms with van der Waals surface area (Å²) in [5.41, 5.74) is -0.106. The predicted octanol–water partition coefficient (Wildman–Crippen LogP) is 2.89. The molecule has 23 heavy (non-hydrogen) atoms. The van der Waals surface area contributed by atoms with Gasteiger partial charge in [0.05, 0.1) is 18.2 Å². The fourth-order valence-electron chi connectivity index (χ4n) is 2.65. The third-order valence-electron chi connectivity index (χ3n) is 4.45. The first kappa shape index (κ1) is 17.5. The van der Waals surface area contributed by atoms with E-state index in [2.05, 4.69) is 10.6 Å². The minimum atomic E-state index is -0.884. The number of nitrogens with one attached hydrogen (secondary N) is 2. The van der Waals surface area contributed by atoms with Crippen molar-refractivity contribution in [3.8, 4) is 5.75 Å². The van der Waals surface area contributed by atoms with Crippen molar-refractivity contribution in [3.63, 3.8) is 0 Å². The maximum atomic E-state index is 13.3. The number of aliphatic hydroxyl groups is 1. The molecule has 1 heterocycles. The second-order valence-electron chi connectivity index (χ2n) is 5.98. The molecule has 0 spiro atoms. The zero-order valence-corrected chi connectivity index (χ0v) is 13.7. The molecule has 0 saturated carbocycles. The van der Waals surface area contributed by atoms with Gasteiger partial charge in [0.2, 0.25) is 0 Å². The zero-order chi connectivity index (χ0) is 16.9. The average molecular weight is 324 g/mol. The maximum absolute atomic E-state index is 13.3. The fraction of sp³-hybridized carbons (Fsp3) is 0.588. The number of carbonyl (C=O) groups is 1. The fourth-order valence-corrected chi connectivity index (χ4v) is 2.65. The van der Waals surface area contributed by atoms with Crippen LogP contribution in [-0.4, -0.2) is 29.9 Å². The molecule has 0 bridgehead atoms. The van der Waals surface area contributed by atoms with E-state index in [1.807, 2.05) is 13.8 Å². The Kier molecular flexibility index (Phi) is 5.82. The van der Waals surface area contributed by atoms with Gasteiger partial charge in [0.15, 0.2) is 0 Å². The third kappa shape index (κ3) is 4.58. The highest BCUT2D eigenvalue weighted by molar-refractivity contribution is 5.74. The third-order valence-corrected chi connectivity index (χ3v) is 4.45. The van der Waals surface area contributed by atoms with Crippen LogP contribution in [0.4, 0.5) is 9.18 Å². The van der Waals surface area contributed by atoms with Crippen molar-refractivity contribution < 1.29 is 19.0 Å². The Morgan fingerprint density at radius 2 is 2.17 bits per heavy atom. The minimum Gasteiger partial charge on any atom is -0.493 e. The normalized spacial score (nSPS) is 17.7. The number of rotatable bonds is 5. The highest BCUT2D eigenvalue weighted by Crippen LogP contribution is 2.32. The van der Waals surface area contributed by atoms with Crippen molar-refractivity contribution >= 4 is 6.03 Å². The van der Waals surface area contributed by atoms with Gasteiger partial charge in [-0.15, -0.1) is 0 Å². The van der Waals surface area contributed by atoms with Gasteiger partial charge in [-0.1, -0.05) is 19.9 Å². The van der Waals surface area contributed by atoms with Gasteiger partial charge in [-0.3, -0.25) is 0 Å². The first-order chi connectivity index (χ1) is 11.0. The van der Waals surface area contributed by atoms with Gasteiger partial charge in [0.25, 0.3) is 0 Å². The number of hydrogen-bond acceptors (Lipinski definition) is 3. The monoisotopic (exact) mass is 324 g/mol. The van der Waals surface area contributed by atoms with Crippen LogP contribution in [-0.2, 0) is 0 Å². The number of fused-ring (bicyclic) bond motifs is 1. The lowest BCUT2D eigenvalue weighted by molar-refractivity contribution is 0.0348. The second kappa shape index (κ2) is 7.64.